The summed E-state index contributed by atoms with van der Waals surface area (Å²) in [6, 6.07) is 18.0. The van der Waals surface area contributed by atoms with E-state index in [1.807, 2.05) is 60.5 Å². The predicted molar refractivity (Wildman–Crippen MR) is 106 cm³/mol. The van der Waals surface area contributed by atoms with Crippen LogP contribution in [-0.4, -0.2) is 42.0 Å². The highest BCUT2D eigenvalue weighted by atomic mass is 35.5. The van der Waals surface area contributed by atoms with Gasteiger partial charge in [0.15, 0.2) is 0 Å². The lowest BCUT2D eigenvalue weighted by molar-refractivity contribution is 0.0679. The van der Waals surface area contributed by atoms with Crippen LogP contribution in [0.2, 0.25) is 5.02 Å². The summed E-state index contributed by atoms with van der Waals surface area (Å²) in [6.07, 6.45) is 0.981. The van der Waals surface area contributed by atoms with E-state index in [1.54, 1.807) is 0 Å². The Morgan fingerprint density at radius 3 is 2.81 bits per heavy atom. The number of likely N-dealkylation sites (N-methyl/N-ethyl adjacent to an activating group) is 1. The summed E-state index contributed by atoms with van der Waals surface area (Å²) in [7, 11) is 1.89. The van der Waals surface area contributed by atoms with Crippen molar-refractivity contribution in [1.82, 2.24) is 15.2 Å². The second-order valence-electron chi connectivity index (χ2n) is 6.91. The number of fused-ring (bicyclic) bond motifs is 1. The number of hydrogen-bond acceptors (Lipinski definition) is 2. The smallest absolute Gasteiger partial charge is 0.270 e. The van der Waals surface area contributed by atoms with Crippen molar-refractivity contribution in [3.8, 4) is 0 Å². The lowest BCUT2D eigenvalue weighted by atomic mass is 9.85. The van der Waals surface area contributed by atoms with Crippen molar-refractivity contribution in [2.45, 2.75) is 18.4 Å². The van der Waals surface area contributed by atoms with Crippen LogP contribution in [-0.2, 0) is 0 Å². The van der Waals surface area contributed by atoms with E-state index < -0.39 is 0 Å². The van der Waals surface area contributed by atoms with Gasteiger partial charge in [-0.2, -0.15) is 0 Å². The van der Waals surface area contributed by atoms with Crippen LogP contribution < -0.4 is 5.32 Å². The number of para-hydroxylation sites is 1. The molecule has 2 heterocycles. The molecule has 1 saturated heterocycles. The number of nitrogens with one attached hydrogen (secondary N) is 2. The number of aromatic nitrogens is 1. The average molecular weight is 368 g/mol. The Morgan fingerprint density at radius 2 is 2.00 bits per heavy atom. The molecule has 4 nitrogen and oxygen atoms in total. The fraction of sp³-hybridized carbons (Fsp3) is 0.286. The standard InChI is InChI=1S/C21H22ClN3O/c1-25(21(26)19-12-15-5-2-3-8-18(15)24-19)20-13-23-10-9-17(20)14-6-4-7-16(22)11-14/h2-8,11-12,17,20,23-24H,9-10,13H2,1H3/t17-,20+/m0/s1. The number of amides is 1. The molecule has 0 aliphatic carbocycles. The second-order valence-corrected chi connectivity index (χ2v) is 7.34. The Labute approximate surface area is 158 Å². The van der Waals surface area contributed by atoms with Gasteiger partial charge in [0.1, 0.15) is 5.69 Å². The first-order valence-corrected chi connectivity index (χ1v) is 9.32. The molecule has 0 radical (unpaired) electrons. The van der Waals surface area contributed by atoms with Crippen molar-refractivity contribution in [2.24, 2.45) is 0 Å². The number of halogens is 1. The molecular formula is C21H22ClN3O. The van der Waals surface area contributed by atoms with Crippen LogP contribution >= 0.6 is 11.6 Å². The van der Waals surface area contributed by atoms with E-state index >= 15 is 0 Å². The molecule has 2 N–H and O–H groups in total. The lowest BCUT2D eigenvalue weighted by Gasteiger charge is -2.38. The number of H-pyrrole nitrogens is 1. The molecular weight excluding hydrogens is 346 g/mol. The van der Waals surface area contributed by atoms with Gasteiger partial charge in [0.05, 0.1) is 6.04 Å². The van der Waals surface area contributed by atoms with E-state index in [0.29, 0.717) is 5.69 Å². The van der Waals surface area contributed by atoms with Crippen molar-refractivity contribution in [1.29, 1.82) is 0 Å². The van der Waals surface area contributed by atoms with Gasteiger partial charge in [0, 0.05) is 35.4 Å². The summed E-state index contributed by atoms with van der Waals surface area (Å²) in [5, 5.41) is 5.22. The van der Waals surface area contributed by atoms with Crippen molar-refractivity contribution in [3.05, 3.63) is 70.9 Å². The minimum atomic E-state index is 0.0157. The van der Waals surface area contributed by atoms with Gasteiger partial charge in [-0.3, -0.25) is 4.79 Å². The van der Waals surface area contributed by atoms with Gasteiger partial charge in [-0.25, -0.2) is 0 Å². The molecule has 4 rings (SSSR count). The van der Waals surface area contributed by atoms with E-state index in [-0.39, 0.29) is 17.9 Å². The third-order valence-electron chi connectivity index (χ3n) is 5.31. The Kier molecular flexibility index (Phi) is 4.70. The number of carbonyl (C=O) groups excluding carboxylic acids is 1. The van der Waals surface area contributed by atoms with E-state index in [9.17, 15) is 4.79 Å². The maximum absolute atomic E-state index is 13.1. The summed E-state index contributed by atoms with van der Waals surface area (Å²) in [4.78, 5) is 18.2. The van der Waals surface area contributed by atoms with Gasteiger partial charge in [-0.05, 0) is 42.8 Å². The number of rotatable bonds is 3. The molecule has 0 spiro atoms. The molecule has 1 aromatic heterocycles. The minimum absolute atomic E-state index is 0.0157. The predicted octanol–water partition coefficient (Wildman–Crippen LogP) is 4.04. The number of nitrogens with zero attached hydrogens (tertiary/aromatic N) is 1. The number of carbonyl (C=O) groups is 1. The molecule has 2 atom stereocenters. The van der Waals surface area contributed by atoms with E-state index in [4.69, 9.17) is 11.6 Å². The highest BCUT2D eigenvalue weighted by Crippen LogP contribution is 2.31. The van der Waals surface area contributed by atoms with Crippen LogP contribution in [0.1, 0.15) is 28.4 Å². The molecule has 0 unspecified atom stereocenters. The van der Waals surface area contributed by atoms with Crippen LogP contribution in [0.4, 0.5) is 0 Å². The lowest BCUT2D eigenvalue weighted by Crippen LogP contribution is -2.50. The summed E-state index contributed by atoms with van der Waals surface area (Å²) in [6.45, 7) is 1.72. The Hall–Kier alpha value is -2.30. The fourth-order valence-corrected chi connectivity index (χ4v) is 4.10. The summed E-state index contributed by atoms with van der Waals surface area (Å²) < 4.78 is 0. The average Bonchev–Trinajstić information content (AvgIpc) is 3.11. The van der Waals surface area contributed by atoms with Crippen molar-refractivity contribution < 1.29 is 4.79 Å². The highest BCUT2D eigenvalue weighted by molar-refractivity contribution is 6.30. The maximum Gasteiger partial charge on any atom is 0.270 e. The molecule has 3 aromatic rings. The highest BCUT2D eigenvalue weighted by Gasteiger charge is 2.32. The quantitative estimate of drug-likeness (QED) is 0.734. The van der Waals surface area contributed by atoms with Gasteiger partial charge in [-0.15, -0.1) is 0 Å². The van der Waals surface area contributed by atoms with Gasteiger partial charge >= 0.3 is 0 Å². The fourth-order valence-electron chi connectivity index (χ4n) is 3.90. The normalized spacial score (nSPS) is 20.2. The van der Waals surface area contributed by atoms with Gasteiger partial charge in [0.25, 0.3) is 5.91 Å². The molecule has 1 fully saturated rings. The third kappa shape index (κ3) is 3.22. The number of benzene rings is 2. The molecule has 2 aromatic carbocycles. The first kappa shape index (κ1) is 17.1. The molecule has 26 heavy (non-hydrogen) atoms. The van der Waals surface area contributed by atoms with E-state index in [0.717, 1.165) is 35.4 Å². The molecule has 5 heteroatoms. The Balaban J connectivity index is 1.62. The van der Waals surface area contributed by atoms with E-state index in [1.165, 1.54) is 5.56 Å². The largest absolute Gasteiger partial charge is 0.351 e. The first-order chi connectivity index (χ1) is 12.6. The molecule has 1 aliphatic rings. The van der Waals surface area contributed by atoms with Gasteiger partial charge in [-0.1, -0.05) is 41.9 Å². The minimum Gasteiger partial charge on any atom is -0.351 e. The molecule has 1 amide bonds. The number of hydrogen-bond donors (Lipinski definition) is 2. The van der Waals surface area contributed by atoms with Gasteiger partial charge in [0.2, 0.25) is 0 Å². The number of aromatic amines is 1. The molecule has 0 bridgehead atoms. The van der Waals surface area contributed by atoms with Crippen molar-refractivity contribution in [3.63, 3.8) is 0 Å². The van der Waals surface area contributed by atoms with Crippen molar-refractivity contribution in [2.75, 3.05) is 20.1 Å². The summed E-state index contributed by atoms with van der Waals surface area (Å²) in [5.74, 6) is 0.287. The summed E-state index contributed by atoms with van der Waals surface area (Å²) >= 11 is 6.19. The second kappa shape index (κ2) is 7.14. The topological polar surface area (TPSA) is 48.1 Å². The van der Waals surface area contributed by atoms with Gasteiger partial charge < -0.3 is 15.2 Å². The third-order valence-corrected chi connectivity index (χ3v) is 5.54. The van der Waals surface area contributed by atoms with Crippen LogP contribution in [0.15, 0.2) is 54.6 Å². The van der Waals surface area contributed by atoms with Crippen LogP contribution in [0.5, 0.6) is 0 Å². The Morgan fingerprint density at radius 1 is 1.15 bits per heavy atom. The van der Waals surface area contributed by atoms with Crippen LogP contribution in [0, 0.1) is 0 Å². The van der Waals surface area contributed by atoms with E-state index in [2.05, 4.69) is 16.4 Å². The monoisotopic (exact) mass is 367 g/mol. The van der Waals surface area contributed by atoms with Crippen LogP contribution in [0.3, 0.4) is 0 Å². The first-order valence-electron chi connectivity index (χ1n) is 8.94. The molecule has 134 valence electrons. The zero-order valence-electron chi connectivity index (χ0n) is 14.7. The van der Waals surface area contributed by atoms with Crippen molar-refractivity contribution >= 4 is 28.4 Å². The maximum atomic E-state index is 13.1. The zero-order valence-corrected chi connectivity index (χ0v) is 15.5. The molecule has 1 aliphatic heterocycles. The zero-order chi connectivity index (χ0) is 18.1. The number of piperidine rings is 1. The van der Waals surface area contributed by atoms with Crippen LogP contribution in [0.25, 0.3) is 10.9 Å². The SMILES string of the molecule is CN(C(=O)c1cc2ccccc2[nH]1)[C@@H]1CNCC[C@H]1c1cccc(Cl)c1. The summed E-state index contributed by atoms with van der Waals surface area (Å²) in [5.41, 5.74) is 2.81. The Bertz CT molecular complexity index is 903. The molecule has 0 saturated carbocycles.